The molecule has 1 aliphatic rings. The Hall–Kier alpha value is -4.12. The molecule has 0 fully saturated rings. The van der Waals surface area contributed by atoms with Crippen LogP contribution in [0.2, 0.25) is 0 Å². The molecule has 1 atom stereocenters. The second-order valence-electron chi connectivity index (χ2n) is 8.63. The normalized spacial score (nSPS) is 14.6. The topological polar surface area (TPSA) is 139 Å². The predicted molar refractivity (Wildman–Crippen MR) is 132 cm³/mol. The molecule has 10 nitrogen and oxygen atoms in total. The van der Waals surface area contributed by atoms with Gasteiger partial charge in [-0.3, -0.25) is 9.59 Å². The molecule has 0 bridgehead atoms. The van der Waals surface area contributed by atoms with Gasteiger partial charge >= 0.3 is 5.97 Å². The van der Waals surface area contributed by atoms with E-state index in [1.54, 1.807) is 30.4 Å². The number of carbonyl (C=O) groups is 3. The fraction of sp³-hybridized carbons (Fsp3) is 0.280. The molecule has 0 spiro atoms. The Kier molecular flexibility index (Phi) is 6.23. The van der Waals surface area contributed by atoms with Crippen LogP contribution in [0.4, 0.5) is 0 Å². The monoisotopic (exact) mass is 504 g/mol. The summed E-state index contributed by atoms with van der Waals surface area (Å²) in [6, 6.07) is 6.51. The number of thiophene rings is 1. The number of hydrogen-bond acceptors (Lipinski definition) is 7. The molecule has 3 aromatic heterocycles. The van der Waals surface area contributed by atoms with Crippen molar-refractivity contribution in [3.8, 4) is 0 Å². The van der Waals surface area contributed by atoms with Crippen LogP contribution in [0.1, 0.15) is 77.9 Å². The summed E-state index contributed by atoms with van der Waals surface area (Å²) in [6.45, 7) is 4.22. The van der Waals surface area contributed by atoms with Crippen molar-refractivity contribution in [2.24, 2.45) is 0 Å². The highest BCUT2D eigenvalue weighted by Gasteiger charge is 2.29. The molecule has 1 aromatic carbocycles. The number of aryl methyl sites for hydroxylation is 1. The number of carbonyl (C=O) groups excluding carboxylic acids is 2. The molecular formula is C25H24N6O4S. The minimum atomic E-state index is -0.969. The average molecular weight is 505 g/mol. The van der Waals surface area contributed by atoms with Gasteiger partial charge in [0.1, 0.15) is 17.7 Å². The number of benzene rings is 1. The lowest BCUT2D eigenvalue weighted by molar-refractivity contribution is 0.0695. The fourth-order valence-electron chi connectivity index (χ4n) is 4.56. The minimum absolute atomic E-state index is 0.0698. The zero-order valence-corrected chi connectivity index (χ0v) is 20.6. The lowest BCUT2D eigenvalue weighted by Crippen LogP contribution is -2.30. The molecule has 36 heavy (non-hydrogen) atoms. The summed E-state index contributed by atoms with van der Waals surface area (Å²) in [6.07, 6.45) is 3.52. The number of rotatable bonds is 7. The maximum absolute atomic E-state index is 13.3. The van der Waals surface area contributed by atoms with Gasteiger partial charge in [0.25, 0.3) is 17.6 Å². The van der Waals surface area contributed by atoms with Gasteiger partial charge in [0.15, 0.2) is 0 Å². The average Bonchev–Trinajstić information content (AvgIpc) is 3.61. The molecule has 2 amide bonds. The second-order valence-corrected chi connectivity index (χ2v) is 9.63. The number of amides is 2. The Labute approximate surface area is 210 Å². The number of aromatic nitrogens is 4. The second kappa shape index (κ2) is 9.50. The van der Waals surface area contributed by atoms with E-state index in [-0.39, 0.29) is 28.8 Å². The largest absolute Gasteiger partial charge is 0.478 e. The van der Waals surface area contributed by atoms with Crippen molar-refractivity contribution in [2.75, 3.05) is 0 Å². The molecule has 11 heteroatoms. The first-order chi connectivity index (χ1) is 17.4. The van der Waals surface area contributed by atoms with Crippen LogP contribution >= 0.6 is 11.3 Å². The van der Waals surface area contributed by atoms with Gasteiger partial charge in [0, 0.05) is 17.5 Å². The first-order valence-electron chi connectivity index (χ1n) is 11.6. The van der Waals surface area contributed by atoms with Crippen LogP contribution in [0.25, 0.3) is 5.78 Å². The van der Waals surface area contributed by atoms with Crippen LogP contribution in [0.3, 0.4) is 0 Å². The summed E-state index contributed by atoms with van der Waals surface area (Å²) in [5.74, 6) is -1.67. The van der Waals surface area contributed by atoms with Gasteiger partial charge in [-0.1, -0.05) is 13.0 Å². The summed E-state index contributed by atoms with van der Waals surface area (Å²) in [5, 5.41) is 21.4. The van der Waals surface area contributed by atoms with E-state index in [0.717, 1.165) is 28.7 Å². The Balaban J connectivity index is 1.37. The Bertz CT molecular complexity index is 1510. The fourth-order valence-corrected chi connectivity index (χ4v) is 5.40. The minimum Gasteiger partial charge on any atom is -0.478 e. The van der Waals surface area contributed by atoms with E-state index >= 15 is 0 Å². The van der Waals surface area contributed by atoms with Crippen molar-refractivity contribution in [3.63, 3.8) is 0 Å². The number of hydrogen-bond donors (Lipinski definition) is 3. The van der Waals surface area contributed by atoms with Crippen LogP contribution < -0.4 is 10.6 Å². The van der Waals surface area contributed by atoms with E-state index in [1.165, 1.54) is 21.8 Å². The van der Waals surface area contributed by atoms with Crippen LogP contribution in [0.5, 0.6) is 0 Å². The van der Waals surface area contributed by atoms with E-state index in [0.29, 0.717) is 19.4 Å². The van der Waals surface area contributed by atoms with Crippen LogP contribution in [0, 0.1) is 6.92 Å². The number of aromatic carboxylic acids is 1. The zero-order chi connectivity index (χ0) is 25.4. The van der Waals surface area contributed by atoms with E-state index in [4.69, 9.17) is 0 Å². The third-order valence-corrected chi connectivity index (χ3v) is 7.59. The third-order valence-electron chi connectivity index (χ3n) is 6.46. The van der Waals surface area contributed by atoms with Crippen molar-refractivity contribution in [2.45, 2.75) is 45.7 Å². The lowest BCUT2D eigenvalue weighted by atomic mass is 9.98. The van der Waals surface area contributed by atoms with Crippen molar-refractivity contribution in [1.29, 1.82) is 0 Å². The Morgan fingerprint density at radius 3 is 2.81 bits per heavy atom. The molecular weight excluding hydrogens is 480 g/mol. The van der Waals surface area contributed by atoms with E-state index < -0.39 is 17.8 Å². The van der Waals surface area contributed by atoms with Crippen molar-refractivity contribution >= 4 is 34.9 Å². The predicted octanol–water partition coefficient (Wildman–Crippen LogP) is 3.10. The van der Waals surface area contributed by atoms with Crippen LogP contribution in [-0.2, 0) is 19.4 Å². The number of carboxylic acid groups (broad SMARTS) is 1. The summed E-state index contributed by atoms with van der Waals surface area (Å²) in [7, 11) is 0. The highest BCUT2D eigenvalue weighted by molar-refractivity contribution is 7.10. The molecule has 0 unspecified atom stereocenters. The van der Waals surface area contributed by atoms with E-state index in [2.05, 4.69) is 38.7 Å². The number of nitrogens with zero attached hydrogens (tertiary/aromatic N) is 4. The maximum atomic E-state index is 13.3. The molecule has 1 aliphatic carbocycles. The van der Waals surface area contributed by atoms with Gasteiger partial charge in [-0.2, -0.15) is 14.6 Å². The molecule has 0 saturated heterocycles. The van der Waals surface area contributed by atoms with Crippen molar-refractivity contribution in [3.05, 3.63) is 80.1 Å². The highest BCUT2D eigenvalue weighted by Crippen LogP contribution is 2.34. The van der Waals surface area contributed by atoms with Gasteiger partial charge in [-0.25, -0.2) is 9.78 Å². The van der Waals surface area contributed by atoms with Gasteiger partial charge in [0.2, 0.25) is 0 Å². The van der Waals surface area contributed by atoms with Crippen molar-refractivity contribution < 1.29 is 19.5 Å². The Morgan fingerprint density at radius 1 is 1.22 bits per heavy atom. The summed E-state index contributed by atoms with van der Waals surface area (Å²) in [5.41, 5.74) is 4.04. The maximum Gasteiger partial charge on any atom is 0.335 e. The zero-order valence-electron chi connectivity index (χ0n) is 19.7. The van der Waals surface area contributed by atoms with Gasteiger partial charge in [-0.15, -0.1) is 11.3 Å². The lowest BCUT2D eigenvalue weighted by Gasteiger charge is -2.16. The molecule has 4 aromatic rings. The summed E-state index contributed by atoms with van der Waals surface area (Å²) < 4.78 is 1.30. The Morgan fingerprint density at radius 2 is 2.06 bits per heavy atom. The smallest absolute Gasteiger partial charge is 0.335 e. The highest BCUT2D eigenvalue weighted by atomic mass is 32.1. The molecule has 184 valence electrons. The molecule has 0 radical (unpaired) electrons. The van der Waals surface area contributed by atoms with E-state index in [9.17, 15) is 19.5 Å². The summed E-state index contributed by atoms with van der Waals surface area (Å²) >= 11 is 1.65. The number of carboxylic acids is 1. The molecule has 3 N–H and O–H groups in total. The molecule has 0 aliphatic heterocycles. The first-order valence-corrected chi connectivity index (χ1v) is 12.5. The molecule has 3 heterocycles. The van der Waals surface area contributed by atoms with Gasteiger partial charge in [-0.05, 0) is 66.0 Å². The third kappa shape index (κ3) is 4.33. The quantitative estimate of drug-likeness (QED) is 0.351. The van der Waals surface area contributed by atoms with Crippen LogP contribution in [-0.4, -0.2) is 42.5 Å². The van der Waals surface area contributed by atoms with E-state index in [1.807, 2.05) is 5.38 Å². The first kappa shape index (κ1) is 23.6. The summed E-state index contributed by atoms with van der Waals surface area (Å²) in [4.78, 5) is 47.2. The molecule has 0 saturated carbocycles. The molecule has 5 rings (SSSR count). The van der Waals surface area contributed by atoms with Crippen LogP contribution in [0.15, 0.2) is 36.0 Å². The number of fused-ring (bicyclic) bond motifs is 2. The van der Waals surface area contributed by atoms with Gasteiger partial charge < -0.3 is 15.7 Å². The van der Waals surface area contributed by atoms with Crippen molar-refractivity contribution in [1.82, 2.24) is 30.2 Å². The van der Waals surface area contributed by atoms with Gasteiger partial charge in [0.05, 0.1) is 11.6 Å². The SMILES string of the molecule is CCc1cc(CNC(=O)c2cc(C(=O)N[C@H]3CCc4c3ccc(C(=O)O)c4C)n3ncnc3n2)cs1. The number of nitrogens with one attached hydrogen (secondary N) is 2. The standard InChI is InChI=1S/C25H24N6O4S/c1-3-15-8-14(11-36-15)10-26-22(32)20-9-21(31-25(30-20)27-12-28-31)23(33)29-19-7-6-16-13(2)17(24(34)35)4-5-18(16)19/h4-5,8-9,11-12,19H,3,6-7,10H2,1-2H3,(H,26,32)(H,29,33)(H,34,35)/t19-/m0/s1.